The van der Waals surface area contributed by atoms with Crippen molar-refractivity contribution in [3.63, 3.8) is 0 Å². The second kappa shape index (κ2) is 8.47. The molecule has 0 bridgehead atoms. The average molecular weight is 432 g/mol. The number of rotatable bonds is 6. The van der Waals surface area contributed by atoms with Gasteiger partial charge in [0.15, 0.2) is 23.3 Å². The van der Waals surface area contributed by atoms with Gasteiger partial charge >= 0.3 is 5.69 Å². The summed E-state index contributed by atoms with van der Waals surface area (Å²) in [6, 6.07) is 7.52. The summed E-state index contributed by atoms with van der Waals surface area (Å²) in [6.45, 7) is 6.25. The van der Waals surface area contributed by atoms with Crippen LogP contribution >= 0.6 is 0 Å². The lowest BCUT2D eigenvalue weighted by atomic mass is 10.1. The fourth-order valence-electron chi connectivity index (χ4n) is 3.00. The Morgan fingerprint density at radius 1 is 0.806 bits per heavy atom. The highest BCUT2D eigenvalue weighted by Crippen LogP contribution is 2.22. The maximum atomic E-state index is 14.0. The molecule has 0 saturated heterocycles. The van der Waals surface area contributed by atoms with Crippen molar-refractivity contribution in [1.82, 2.24) is 9.13 Å². The second-order valence-corrected chi connectivity index (χ2v) is 6.71. The van der Waals surface area contributed by atoms with Gasteiger partial charge in [0.1, 0.15) is 0 Å². The van der Waals surface area contributed by atoms with Gasteiger partial charge < -0.3 is 5.11 Å². The molecule has 3 rings (SSSR count). The first-order valence-corrected chi connectivity index (χ1v) is 8.89. The molecule has 1 aromatic heterocycles. The molecule has 2 aromatic carbocycles. The molecule has 9 heteroatoms. The first-order chi connectivity index (χ1) is 14.6. The number of aromatic hydroxyl groups is 1. The predicted molar refractivity (Wildman–Crippen MR) is 107 cm³/mol. The Hall–Kier alpha value is -3.88. The normalized spacial score (nSPS) is 10.8. The van der Waals surface area contributed by atoms with Crippen LogP contribution in [0.3, 0.4) is 0 Å². The van der Waals surface area contributed by atoms with Gasteiger partial charge in [-0.1, -0.05) is 37.4 Å². The minimum absolute atomic E-state index is 0.0467. The van der Waals surface area contributed by atoms with Gasteiger partial charge in [0.25, 0.3) is 5.56 Å². The van der Waals surface area contributed by atoms with Crippen molar-refractivity contribution in [3.8, 4) is 5.88 Å². The lowest BCUT2D eigenvalue weighted by Gasteiger charge is -2.15. The van der Waals surface area contributed by atoms with Gasteiger partial charge in [-0.3, -0.25) is 13.9 Å². The summed E-state index contributed by atoms with van der Waals surface area (Å²) in [5.41, 5.74) is -2.49. The van der Waals surface area contributed by atoms with E-state index in [4.69, 9.17) is 0 Å². The van der Waals surface area contributed by atoms with E-state index >= 15 is 0 Å². The van der Waals surface area contributed by atoms with E-state index in [0.717, 1.165) is 18.2 Å². The summed E-state index contributed by atoms with van der Waals surface area (Å²) in [6.07, 6.45) is 0. The molecule has 0 aliphatic heterocycles. The molecule has 0 fully saturated rings. The molecular weight excluding hydrogens is 416 g/mol. The average Bonchev–Trinajstić information content (AvgIpc) is 2.72. The molecule has 0 radical (unpaired) electrons. The largest absolute Gasteiger partial charge is 0.494 e. The van der Waals surface area contributed by atoms with Crippen LogP contribution < -0.4 is 11.2 Å². The summed E-state index contributed by atoms with van der Waals surface area (Å²) >= 11 is 0. The van der Waals surface area contributed by atoms with E-state index in [-0.39, 0.29) is 22.3 Å². The number of hydrogen-bond donors (Lipinski definition) is 1. The van der Waals surface area contributed by atoms with Crippen molar-refractivity contribution < 1.29 is 22.7 Å². The maximum absolute atomic E-state index is 14.0. The van der Waals surface area contributed by atoms with Gasteiger partial charge in [-0.2, -0.15) is 0 Å². The van der Waals surface area contributed by atoms with E-state index < -0.39 is 53.5 Å². The summed E-state index contributed by atoms with van der Waals surface area (Å²) < 4.78 is 56.3. The standard InChI is InChI=1S/C22H16F4N2O3/c1-12(14-5-3-7-16(23)20(14)25)10-27-18(29)9-19(30)28(22(27)31)11-13(2)15-6-4-8-17(24)21(15)26/h3-9,29H,1-2,10-11H2. The van der Waals surface area contributed by atoms with Gasteiger partial charge in [0.05, 0.1) is 19.2 Å². The third-order valence-electron chi connectivity index (χ3n) is 4.62. The van der Waals surface area contributed by atoms with E-state index in [1.165, 1.54) is 24.3 Å². The molecule has 31 heavy (non-hydrogen) atoms. The second-order valence-electron chi connectivity index (χ2n) is 6.71. The highest BCUT2D eigenvalue weighted by atomic mass is 19.2. The van der Waals surface area contributed by atoms with E-state index in [1.807, 2.05) is 0 Å². The molecule has 0 aliphatic carbocycles. The number of aromatic nitrogens is 2. The van der Waals surface area contributed by atoms with Crippen molar-refractivity contribution in [2.24, 2.45) is 0 Å². The van der Waals surface area contributed by atoms with Gasteiger partial charge in [-0.05, 0) is 23.3 Å². The first kappa shape index (κ1) is 21.8. The monoisotopic (exact) mass is 432 g/mol. The molecule has 0 spiro atoms. The molecule has 3 aromatic rings. The topological polar surface area (TPSA) is 64.2 Å². The van der Waals surface area contributed by atoms with Crippen molar-refractivity contribution in [2.45, 2.75) is 13.1 Å². The molecule has 0 saturated carbocycles. The Kier molecular flexibility index (Phi) is 5.96. The molecule has 1 heterocycles. The van der Waals surface area contributed by atoms with Gasteiger partial charge in [-0.25, -0.2) is 22.4 Å². The number of halogens is 4. The van der Waals surface area contributed by atoms with Crippen LogP contribution in [0.2, 0.25) is 0 Å². The zero-order chi connectivity index (χ0) is 22.9. The van der Waals surface area contributed by atoms with Gasteiger partial charge in [0.2, 0.25) is 5.88 Å². The highest BCUT2D eigenvalue weighted by Gasteiger charge is 2.17. The number of benzene rings is 2. The molecule has 0 amide bonds. The fourth-order valence-corrected chi connectivity index (χ4v) is 3.00. The Bertz CT molecular complexity index is 1330. The zero-order valence-corrected chi connectivity index (χ0v) is 16.0. The van der Waals surface area contributed by atoms with Crippen molar-refractivity contribution in [1.29, 1.82) is 0 Å². The van der Waals surface area contributed by atoms with Gasteiger partial charge in [0, 0.05) is 11.1 Å². The third kappa shape index (κ3) is 4.20. The van der Waals surface area contributed by atoms with E-state index in [1.54, 1.807) is 0 Å². The predicted octanol–water partition coefficient (Wildman–Crippen LogP) is 3.70. The van der Waals surface area contributed by atoms with Gasteiger partial charge in [-0.15, -0.1) is 0 Å². The molecule has 1 N–H and O–H groups in total. The minimum Gasteiger partial charge on any atom is -0.494 e. The molecular formula is C22H16F4N2O3. The lowest BCUT2D eigenvalue weighted by Crippen LogP contribution is -2.39. The van der Waals surface area contributed by atoms with Crippen molar-refractivity contribution in [3.05, 3.63) is 111 Å². The lowest BCUT2D eigenvalue weighted by molar-refractivity contribution is 0.403. The summed E-state index contributed by atoms with van der Waals surface area (Å²) in [4.78, 5) is 25.0. The first-order valence-electron chi connectivity index (χ1n) is 8.89. The zero-order valence-electron chi connectivity index (χ0n) is 16.0. The smallest absolute Gasteiger partial charge is 0.334 e. The quantitative estimate of drug-likeness (QED) is 0.605. The van der Waals surface area contributed by atoms with E-state index in [0.29, 0.717) is 9.13 Å². The molecule has 160 valence electrons. The number of nitrogens with zero attached hydrogens (tertiary/aromatic N) is 2. The van der Waals surface area contributed by atoms with Crippen LogP contribution in [0.5, 0.6) is 5.88 Å². The van der Waals surface area contributed by atoms with Crippen LogP contribution in [0.15, 0.2) is 65.2 Å². The molecule has 0 unspecified atom stereocenters. The summed E-state index contributed by atoms with van der Waals surface area (Å²) in [7, 11) is 0. The molecule has 0 atom stereocenters. The summed E-state index contributed by atoms with van der Waals surface area (Å²) in [5.74, 6) is -5.33. The van der Waals surface area contributed by atoms with Crippen LogP contribution in [0.4, 0.5) is 17.6 Å². The SMILES string of the molecule is C=C(Cn1c(O)cc(=O)n(CC(=C)c2cccc(F)c2F)c1=O)c1cccc(F)c1F. The Balaban J connectivity index is 1.98. The number of hydrogen-bond acceptors (Lipinski definition) is 3. The van der Waals surface area contributed by atoms with Crippen LogP contribution in [0, 0.1) is 23.3 Å². The fraction of sp³-hybridized carbons (Fsp3) is 0.0909. The molecule has 5 nitrogen and oxygen atoms in total. The van der Waals surface area contributed by atoms with Crippen LogP contribution in [0.25, 0.3) is 11.1 Å². The Morgan fingerprint density at radius 2 is 1.26 bits per heavy atom. The van der Waals surface area contributed by atoms with E-state index in [2.05, 4.69) is 13.2 Å². The van der Waals surface area contributed by atoms with Crippen LogP contribution in [0.1, 0.15) is 11.1 Å². The Labute approximate surface area is 173 Å². The number of allylic oxidation sites excluding steroid dienone is 2. The van der Waals surface area contributed by atoms with Crippen molar-refractivity contribution in [2.75, 3.05) is 0 Å². The maximum Gasteiger partial charge on any atom is 0.334 e. The molecule has 0 aliphatic rings. The summed E-state index contributed by atoms with van der Waals surface area (Å²) in [5, 5.41) is 10.1. The Morgan fingerprint density at radius 3 is 1.74 bits per heavy atom. The van der Waals surface area contributed by atoms with Crippen molar-refractivity contribution >= 4 is 11.1 Å². The van der Waals surface area contributed by atoms with Crippen LogP contribution in [-0.4, -0.2) is 14.2 Å². The van der Waals surface area contributed by atoms with Crippen LogP contribution in [-0.2, 0) is 13.1 Å². The minimum atomic E-state index is -1.19. The van der Waals surface area contributed by atoms with E-state index in [9.17, 15) is 32.3 Å². The highest BCUT2D eigenvalue weighted by molar-refractivity contribution is 5.64. The third-order valence-corrected chi connectivity index (χ3v) is 4.62.